The third-order valence-corrected chi connectivity index (χ3v) is 4.60. The van der Waals surface area contributed by atoms with Gasteiger partial charge in [0.05, 0.1) is 12.3 Å². The molecule has 0 saturated heterocycles. The molecule has 4 nitrogen and oxygen atoms in total. The van der Waals surface area contributed by atoms with Crippen molar-refractivity contribution in [3.05, 3.63) is 57.3 Å². The maximum absolute atomic E-state index is 8.29. The maximum atomic E-state index is 8.29. The van der Waals surface area contributed by atoms with Crippen molar-refractivity contribution >= 4 is 29.0 Å². The first-order valence-corrected chi connectivity index (χ1v) is 7.91. The van der Waals surface area contributed by atoms with Gasteiger partial charge in [-0.15, -0.1) is 0 Å². The molecule has 1 aliphatic carbocycles. The van der Waals surface area contributed by atoms with Crippen molar-refractivity contribution in [1.82, 2.24) is 4.90 Å². The molecule has 23 heavy (non-hydrogen) atoms. The number of nitrogens with one attached hydrogen (secondary N) is 2. The Hall–Kier alpha value is -2.20. The Morgan fingerprint density at radius 3 is 2.48 bits per heavy atom. The molecule has 0 radical (unpaired) electrons. The van der Waals surface area contributed by atoms with E-state index in [1.165, 1.54) is 11.1 Å². The molecule has 0 saturated carbocycles. The molecule has 0 spiro atoms. The molecule has 1 aromatic carbocycles. The zero-order chi connectivity index (χ0) is 16.7. The van der Waals surface area contributed by atoms with E-state index in [-0.39, 0.29) is 6.54 Å². The lowest BCUT2D eigenvalue weighted by molar-refractivity contribution is 0.696. The summed E-state index contributed by atoms with van der Waals surface area (Å²) in [5.41, 5.74) is 6.38. The minimum Gasteiger partial charge on any atom is -0.289 e. The number of rotatable bonds is 1. The zero-order valence-electron chi connectivity index (χ0n) is 13.5. The normalized spacial score (nSPS) is 18.2. The Morgan fingerprint density at radius 1 is 1.22 bits per heavy atom. The Bertz CT molecular complexity index is 797. The molecule has 1 heterocycles. The number of allylic oxidation sites excluding steroid dienone is 3. The lowest BCUT2D eigenvalue weighted by atomic mass is 9.97. The summed E-state index contributed by atoms with van der Waals surface area (Å²) in [6, 6.07) is 7.64. The molecule has 0 amide bonds. The number of hydrogen-bond donors (Lipinski definition) is 2. The Labute approximate surface area is 141 Å². The SMILES string of the molecule is CC(=N)N1C(=N)CN=C(c2ccc(Cl)cc2)C2=C1CC(C)=C2C. The molecule has 2 N–H and O–H groups in total. The first-order chi connectivity index (χ1) is 10.9. The van der Waals surface area contributed by atoms with Crippen LogP contribution in [0.2, 0.25) is 5.02 Å². The average Bonchev–Trinajstić information content (AvgIpc) is 2.68. The molecular formula is C18H19ClN4. The van der Waals surface area contributed by atoms with E-state index in [9.17, 15) is 0 Å². The van der Waals surface area contributed by atoms with Gasteiger partial charge in [-0.3, -0.25) is 20.7 Å². The van der Waals surface area contributed by atoms with Crippen LogP contribution in [0.3, 0.4) is 0 Å². The predicted octanol–water partition coefficient (Wildman–Crippen LogP) is 4.41. The van der Waals surface area contributed by atoms with Gasteiger partial charge in [0.15, 0.2) is 0 Å². The fourth-order valence-electron chi connectivity index (χ4n) is 3.12. The Morgan fingerprint density at radius 2 is 1.87 bits per heavy atom. The maximum Gasteiger partial charge on any atom is 0.128 e. The van der Waals surface area contributed by atoms with E-state index in [1.807, 2.05) is 24.3 Å². The van der Waals surface area contributed by atoms with E-state index in [0.717, 1.165) is 29.0 Å². The highest BCUT2D eigenvalue weighted by Gasteiger charge is 2.32. The minimum absolute atomic E-state index is 0.271. The van der Waals surface area contributed by atoms with E-state index in [4.69, 9.17) is 22.4 Å². The summed E-state index contributed by atoms with van der Waals surface area (Å²) in [6.45, 7) is 6.18. The van der Waals surface area contributed by atoms with Crippen LogP contribution in [0.25, 0.3) is 0 Å². The Kier molecular flexibility index (Phi) is 3.94. The van der Waals surface area contributed by atoms with Crippen molar-refractivity contribution in [2.24, 2.45) is 4.99 Å². The van der Waals surface area contributed by atoms with Crippen LogP contribution < -0.4 is 0 Å². The van der Waals surface area contributed by atoms with Gasteiger partial charge < -0.3 is 0 Å². The summed E-state index contributed by atoms with van der Waals surface area (Å²) >= 11 is 6.00. The summed E-state index contributed by atoms with van der Waals surface area (Å²) in [4.78, 5) is 6.41. The second-order valence-electron chi connectivity index (χ2n) is 5.94. The molecule has 0 fully saturated rings. The highest BCUT2D eigenvalue weighted by atomic mass is 35.5. The topological polar surface area (TPSA) is 63.3 Å². The van der Waals surface area contributed by atoms with E-state index >= 15 is 0 Å². The third kappa shape index (κ3) is 2.63. The first kappa shape index (κ1) is 15.7. The molecule has 1 aliphatic heterocycles. The fraction of sp³-hybridized carbons (Fsp3) is 0.278. The second-order valence-corrected chi connectivity index (χ2v) is 6.38. The van der Waals surface area contributed by atoms with Gasteiger partial charge in [-0.2, -0.15) is 0 Å². The summed E-state index contributed by atoms with van der Waals surface area (Å²) in [5.74, 6) is 0.703. The number of benzene rings is 1. The average molecular weight is 327 g/mol. The van der Waals surface area contributed by atoms with Crippen molar-refractivity contribution in [3.8, 4) is 0 Å². The molecule has 0 atom stereocenters. The van der Waals surface area contributed by atoms with E-state index in [2.05, 4.69) is 18.8 Å². The molecule has 3 rings (SSSR count). The van der Waals surface area contributed by atoms with Gasteiger partial charge in [0.25, 0.3) is 0 Å². The molecule has 118 valence electrons. The first-order valence-electron chi connectivity index (χ1n) is 7.53. The van der Waals surface area contributed by atoms with E-state index in [1.54, 1.807) is 11.8 Å². The number of amidine groups is 2. The highest BCUT2D eigenvalue weighted by molar-refractivity contribution is 6.30. The largest absolute Gasteiger partial charge is 0.289 e. The van der Waals surface area contributed by atoms with Crippen LogP contribution in [-0.4, -0.2) is 28.8 Å². The van der Waals surface area contributed by atoms with Gasteiger partial charge in [-0.05, 0) is 38.5 Å². The van der Waals surface area contributed by atoms with Crippen LogP contribution in [0.15, 0.2) is 51.7 Å². The second kappa shape index (κ2) is 5.78. The monoisotopic (exact) mass is 326 g/mol. The number of aliphatic imine (C=N–C) groups is 1. The van der Waals surface area contributed by atoms with Crippen molar-refractivity contribution < 1.29 is 0 Å². The van der Waals surface area contributed by atoms with Crippen LogP contribution in [0.5, 0.6) is 0 Å². The van der Waals surface area contributed by atoms with Crippen molar-refractivity contribution in [1.29, 1.82) is 10.8 Å². The van der Waals surface area contributed by atoms with Gasteiger partial charge in [0.2, 0.25) is 0 Å². The summed E-state index contributed by atoms with van der Waals surface area (Å²) in [5, 5.41) is 17.0. The molecule has 5 heteroatoms. The van der Waals surface area contributed by atoms with Gasteiger partial charge in [-0.1, -0.05) is 29.3 Å². The van der Waals surface area contributed by atoms with Gasteiger partial charge in [0, 0.05) is 28.3 Å². The van der Waals surface area contributed by atoms with Crippen LogP contribution in [0.4, 0.5) is 0 Å². The molecule has 1 aromatic rings. The highest BCUT2D eigenvalue weighted by Crippen LogP contribution is 2.37. The van der Waals surface area contributed by atoms with Gasteiger partial charge >= 0.3 is 0 Å². The quantitative estimate of drug-likeness (QED) is 0.582. The summed E-state index contributed by atoms with van der Waals surface area (Å²) in [6.07, 6.45) is 0.756. The molecule has 0 aromatic heterocycles. The van der Waals surface area contributed by atoms with Crippen LogP contribution >= 0.6 is 11.6 Å². The summed E-state index contributed by atoms with van der Waals surface area (Å²) in [7, 11) is 0. The van der Waals surface area contributed by atoms with Crippen molar-refractivity contribution in [2.75, 3.05) is 6.54 Å². The number of hydrogen-bond acceptors (Lipinski definition) is 3. The standard InChI is InChI=1S/C18H19ClN4/c1-10-8-15-17(11(10)2)18(13-4-6-14(19)7-5-13)22-9-16(21)23(15)12(3)20/h4-7,20-21H,8-9H2,1-3H3. The molecule has 2 aliphatic rings. The van der Waals surface area contributed by atoms with Gasteiger partial charge in [0.1, 0.15) is 11.7 Å². The van der Waals surface area contributed by atoms with Crippen molar-refractivity contribution in [2.45, 2.75) is 27.2 Å². The van der Waals surface area contributed by atoms with Crippen LogP contribution in [0.1, 0.15) is 32.8 Å². The minimum atomic E-state index is 0.271. The zero-order valence-corrected chi connectivity index (χ0v) is 14.3. The predicted molar refractivity (Wildman–Crippen MR) is 95.8 cm³/mol. The van der Waals surface area contributed by atoms with Crippen LogP contribution in [0, 0.1) is 10.8 Å². The lowest BCUT2D eigenvalue weighted by Crippen LogP contribution is -2.34. The number of halogens is 1. The molecular weight excluding hydrogens is 308 g/mol. The van der Waals surface area contributed by atoms with E-state index < -0.39 is 0 Å². The molecule has 0 unspecified atom stereocenters. The van der Waals surface area contributed by atoms with E-state index in [0.29, 0.717) is 16.7 Å². The van der Waals surface area contributed by atoms with Crippen molar-refractivity contribution in [3.63, 3.8) is 0 Å². The molecule has 0 bridgehead atoms. The summed E-state index contributed by atoms with van der Waals surface area (Å²) < 4.78 is 0. The Balaban J connectivity index is 2.21. The van der Waals surface area contributed by atoms with Gasteiger partial charge in [-0.25, -0.2) is 0 Å². The smallest absolute Gasteiger partial charge is 0.128 e. The third-order valence-electron chi connectivity index (χ3n) is 4.35. The number of nitrogens with zero attached hydrogens (tertiary/aromatic N) is 2. The fourth-order valence-corrected chi connectivity index (χ4v) is 3.25. The van der Waals surface area contributed by atoms with Crippen LogP contribution in [-0.2, 0) is 0 Å². The lowest BCUT2D eigenvalue weighted by Gasteiger charge is -2.24.